The van der Waals surface area contributed by atoms with Gasteiger partial charge in [-0.3, -0.25) is 4.79 Å². The first kappa shape index (κ1) is 23.4. The molecule has 1 aliphatic rings. The Labute approximate surface area is 197 Å². The number of methoxy groups -OCH3 is 1. The van der Waals surface area contributed by atoms with E-state index in [2.05, 4.69) is 5.10 Å². The Morgan fingerprint density at radius 1 is 1.21 bits per heavy atom. The van der Waals surface area contributed by atoms with Gasteiger partial charge in [0.25, 0.3) is 5.91 Å². The second kappa shape index (κ2) is 9.26. The summed E-state index contributed by atoms with van der Waals surface area (Å²) in [4.78, 5) is 15.4. The molecule has 0 saturated heterocycles. The van der Waals surface area contributed by atoms with E-state index >= 15 is 4.39 Å². The van der Waals surface area contributed by atoms with Crippen molar-refractivity contribution in [1.29, 1.82) is 5.26 Å². The van der Waals surface area contributed by atoms with Crippen molar-refractivity contribution in [3.8, 4) is 17.5 Å². The minimum Gasteiger partial charge on any atom is -0.495 e. The van der Waals surface area contributed by atoms with Crippen LogP contribution in [0.2, 0.25) is 0 Å². The van der Waals surface area contributed by atoms with Crippen molar-refractivity contribution >= 4 is 5.91 Å². The molecule has 8 heteroatoms. The molecule has 0 atom stereocenters. The number of fused-ring (bicyclic) bond motifs is 1. The fraction of sp³-hybridized carbons (Fsp3) is 0.346. The quantitative estimate of drug-likeness (QED) is 0.510. The van der Waals surface area contributed by atoms with Crippen LogP contribution < -0.4 is 4.74 Å². The van der Waals surface area contributed by atoms with Crippen LogP contribution in [0.25, 0.3) is 5.69 Å². The van der Waals surface area contributed by atoms with E-state index in [1.54, 1.807) is 35.6 Å². The number of amides is 1. The molecule has 4 rings (SSSR count). The Kier molecular flexibility index (Phi) is 6.38. The smallest absolute Gasteiger partial charge is 0.258 e. The Bertz CT molecular complexity index is 1260. The molecule has 0 saturated carbocycles. The van der Waals surface area contributed by atoms with Gasteiger partial charge >= 0.3 is 0 Å². The topological polar surface area (TPSA) is 71.2 Å². The van der Waals surface area contributed by atoms with Gasteiger partial charge in [-0.2, -0.15) is 10.4 Å². The molecule has 0 aliphatic carbocycles. The van der Waals surface area contributed by atoms with Gasteiger partial charge in [-0.1, -0.05) is 19.9 Å². The van der Waals surface area contributed by atoms with Crippen molar-refractivity contribution in [1.82, 2.24) is 14.7 Å². The summed E-state index contributed by atoms with van der Waals surface area (Å²) in [6, 6.07) is 11.1. The third-order valence-electron chi connectivity index (χ3n) is 6.53. The van der Waals surface area contributed by atoms with E-state index in [-0.39, 0.29) is 53.6 Å². The van der Waals surface area contributed by atoms with Gasteiger partial charge in [0.1, 0.15) is 23.3 Å². The first-order chi connectivity index (χ1) is 16.3. The summed E-state index contributed by atoms with van der Waals surface area (Å²) in [6.07, 6.45) is 2.72. The lowest BCUT2D eigenvalue weighted by molar-refractivity contribution is 0.0717. The van der Waals surface area contributed by atoms with E-state index in [1.807, 2.05) is 12.3 Å². The fourth-order valence-corrected chi connectivity index (χ4v) is 4.47. The standard InChI is InChI=1S/C26H26F2N4O2/c1-4-26(28,5-2)21-11-6-17(14-29)24(34-3)23(21)25(33)31-13-12-22-18(15-31)16-32(30-22)20-9-7-19(27)8-10-20/h6-11,16H,4-5,12-13,15H2,1-3H3. The predicted molar refractivity (Wildman–Crippen MR) is 123 cm³/mol. The van der Waals surface area contributed by atoms with E-state index in [1.165, 1.54) is 31.4 Å². The second-order valence-electron chi connectivity index (χ2n) is 8.35. The molecule has 2 heterocycles. The minimum absolute atomic E-state index is 0.0988. The van der Waals surface area contributed by atoms with Gasteiger partial charge in [-0.25, -0.2) is 13.5 Å². The van der Waals surface area contributed by atoms with Crippen molar-refractivity contribution in [3.63, 3.8) is 0 Å². The van der Waals surface area contributed by atoms with E-state index in [0.717, 1.165) is 11.3 Å². The van der Waals surface area contributed by atoms with Crippen LogP contribution >= 0.6 is 0 Å². The maximum atomic E-state index is 15.8. The Balaban J connectivity index is 1.72. The molecule has 2 aromatic carbocycles. The van der Waals surface area contributed by atoms with Crippen molar-refractivity contribution in [3.05, 3.63) is 76.4 Å². The number of rotatable bonds is 6. The van der Waals surface area contributed by atoms with Crippen LogP contribution in [0.3, 0.4) is 0 Å². The highest BCUT2D eigenvalue weighted by Crippen LogP contribution is 2.41. The molecule has 176 valence electrons. The summed E-state index contributed by atoms with van der Waals surface area (Å²) in [5, 5.41) is 14.1. The average Bonchev–Trinajstić information content (AvgIpc) is 3.30. The van der Waals surface area contributed by atoms with E-state index in [4.69, 9.17) is 4.74 Å². The molecule has 0 unspecified atom stereocenters. The number of hydrogen-bond acceptors (Lipinski definition) is 4. The number of nitrogens with zero attached hydrogens (tertiary/aromatic N) is 4. The van der Waals surface area contributed by atoms with Crippen LogP contribution in [0, 0.1) is 17.1 Å². The summed E-state index contributed by atoms with van der Waals surface area (Å²) in [5.74, 6) is -0.611. The largest absolute Gasteiger partial charge is 0.495 e. The van der Waals surface area contributed by atoms with Crippen LogP contribution in [0.1, 0.15) is 59.4 Å². The number of benzene rings is 2. The van der Waals surface area contributed by atoms with Crippen molar-refractivity contribution in [2.24, 2.45) is 0 Å². The first-order valence-corrected chi connectivity index (χ1v) is 11.3. The number of hydrogen-bond donors (Lipinski definition) is 0. The molecule has 6 nitrogen and oxygen atoms in total. The number of aromatic nitrogens is 2. The zero-order valence-corrected chi connectivity index (χ0v) is 19.4. The molecular formula is C26H26F2N4O2. The molecule has 1 aliphatic heterocycles. The number of alkyl halides is 1. The summed E-state index contributed by atoms with van der Waals surface area (Å²) < 4.78 is 36.2. The summed E-state index contributed by atoms with van der Waals surface area (Å²) in [7, 11) is 1.38. The van der Waals surface area contributed by atoms with E-state index in [0.29, 0.717) is 18.7 Å². The summed E-state index contributed by atoms with van der Waals surface area (Å²) in [6.45, 7) is 4.15. The van der Waals surface area contributed by atoms with Gasteiger partial charge in [0, 0.05) is 36.8 Å². The van der Waals surface area contributed by atoms with Gasteiger partial charge < -0.3 is 9.64 Å². The highest BCUT2D eigenvalue weighted by atomic mass is 19.1. The zero-order valence-electron chi connectivity index (χ0n) is 19.4. The van der Waals surface area contributed by atoms with Gasteiger partial charge in [-0.15, -0.1) is 0 Å². The number of nitriles is 1. The number of halogens is 2. The third kappa shape index (κ3) is 4.03. The van der Waals surface area contributed by atoms with Crippen LogP contribution in [-0.4, -0.2) is 34.2 Å². The van der Waals surface area contributed by atoms with Crippen LogP contribution in [0.15, 0.2) is 42.6 Å². The van der Waals surface area contributed by atoms with Gasteiger partial charge in [0.15, 0.2) is 0 Å². The minimum atomic E-state index is -1.72. The first-order valence-electron chi connectivity index (χ1n) is 11.3. The van der Waals surface area contributed by atoms with Crippen molar-refractivity contribution < 1.29 is 18.3 Å². The molecule has 34 heavy (non-hydrogen) atoms. The Morgan fingerprint density at radius 2 is 1.91 bits per heavy atom. The Morgan fingerprint density at radius 3 is 2.53 bits per heavy atom. The number of carbonyl (C=O) groups is 1. The number of carbonyl (C=O) groups excluding carboxylic acids is 1. The molecule has 0 fully saturated rings. The molecule has 3 aromatic rings. The monoisotopic (exact) mass is 464 g/mol. The lowest BCUT2D eigenvalue weighted by atomic mass is 9.85. The maximum Gasteiger partial charge on any atom is 0.258 e. The molecule has 0 radical (unpaired) electrons. The highest BCUT2D eigenvalue weighted by Gasteiger charge is 2.37. The summed E-state index contributed by atoms with van der Waals surface area (Å²) in [5.41, 5.74) is 1.24. The van der Waals surface area contributed by atoms with E-state index < -0.39 is 5.67 Å². The third-order valence-corrected chi connectivity index (χ3v) is 6.53. The van der Waals surface area contributed by atoms with Crippen molar-refractivity contribution in [2.45, 2.75) is 45.3 Å². The second-order valence-corrected chi connectivity index (χ2v) is 8.35. The normalized spacial score (nSPS) is 13.4. The maximum absolute atomic E-state index is 15.8. The molecule has 0 bridgehead atoms. The number of ether oxygens (including phenoxy) is 1. The molecule has 1 aromatic heterocycles. The molecule has 0 spiro atoms. The zero-order chi connectivity index (χ0) is 24.5. The van der Waals surface area contributed by atoms with Gasteiger partial charge in [0.2, 0.25) is 0 Å². The lowest BCUT2D eigenvalue weighted by Crippen LogP contribution is -2.37. The van der Waals surface area contributed by atoms with Gasteiger partial charge in [-0.05, 0) is 43.2 Å². The van der Waals surface area contributed by atoms with Crippen molar-refractivity contribution in [2.75, 3.05) is 13.7 Å². The van der Waals surface area contributed by atoms with Crippen LogP contribution in [0.4, 0.5) is 8.78 Å². The fourth-order valence-electron chi connectivity index (χ4n) is 4.47. The Hall–Kier alpha value is -3.73. The van der Waals surface area contributed by atoms with E-state index in [9.17, 15) is 14.4 Å². The predicted octanol–water partition coefficient (Wildman–Crippen LogP) is 5.07. The molecule has 1 amide bonds. The van der Waals surface area contributed by atoms with Crippen LogP contribution in [0.5, 0.6) is 5.75 Å². The van der Waals surface area contributed by atoms with Crippen LogP contribution in [-0.2, 0) is 18.6 Å². The average molecular weight is 465 g/mol. The van der Waals surface area contributed by atoms with Gasteiger partial charge in [0.05, 0.1) is 29.6 Å². The SMILES string of the molecule is CCC(F)(CC)c1ccc(C#N)c(OC)c1C(=O)N1CCc2nn(-c3ccc(F)cc3)cc2C1. The molecule has 0 N–H and O–H groups in total. The summed E-state index contributed by atoms with van der Waals surface area (Å²) >= 11 is 0. The highest BCUT2D eigenvalue weighted by molar-refractivity contribution is 5.99. The lowest BCUT2D eigenvalue weighted by Gasteiger charge is -2.31. The molecular weight excluding hydrogens is 438 g/mol.